The molecule has 1 N–H and O–H groups in total. The highest BCUT2D eigenvalue weighted by atomic mass is 35.5. The summed E-state index contributed by atoms with van der Waals surface area (Å²) in [5.74, 6) is 0.432. The highest BCUT2D eigenvalue weighted by Crippen LogP contribution is 2.25. The first-order valence-electron chi connectivity index (χ1n) is 7.23. The molecule has 0 aliphatic heterocycles. The van der Waals surface area contributed by atoms with Crippen LogP contribution < -0.4 is 5.32 Å². The Hall–Kier alpha value is -2.30. The van der Waals surface area contributed by atoms with E-state index in [1.54, 1.807) is 31.4 Å². The van der Waals surface area contributed by atoms with E-state index in [1.807, 2.05) is 30.3 Å². The molecule has 0 saturated heterocycles. The average molecular weight is 330 g/mol. The summed E-state index contributed by atoms with van der Waals surface area (Å²) in [6.45, 7) is 0.292. The molecule has 0 fully saturated rings. The van der Waals surface area contributed by atoms with E-state index in [4.69, 9.17) is 20.8 Å². The quantitative estimate of drug-likeness (QED) is 0.763. The van der Waals surface area contributed by atoms with Gasteiger partial charge in [-0.3, -0.25) is 4.79 Å². The summed E-state index contributed by atoms with van der Waals surface area (Å²) in [5.41, 5.74) is 1.23. The minimum absolute atomic E-state index is 0.242. The third-order valence-electron chi connectivity index (χ3n) is 3.61. The van der Waals surface area contributed by atoms with Crippen LogP contribution in [-0.2, 0) is 4.74 Å². The maximum atomic E-state index is 12.2. The van der Waals surface area contributed by atoms with Crippen LogP contribution in [0, 0.1) is 0 Å². The lowest BCUT2D eigenvalue weighted by atomic mass is 10.2. The van der Waals surface area contributed by atoms with Gasteiger partial charge in [0.25, 0.3) is 5.91 Å². The first kappa shape index (κ1) is 15.6. The Labute approximate surface area is 139 Å². The van der Waals surface area contributed by atoms with Gasteiger partial charge >= 0.3 is 0 Å². The number of rotatable bonds is 5. The fourth-order valence-electron chi connectivity index (χ4n) is 2.39. The van der Waals surface area contributed by atoms with Crippen LogP contribution in [0.25, 0.3) is 11.0 Å². The van der Waals surface area contributed by atoms with Crippen LogP contribution in [0.2, 0.25) is 5.02 Å². The van der Waals surface area contributed by atoms with Gasteiger partial charge in [-0.1, -0.05) is 41.9 Å². The maximum Gasteiger partial charge on any atom is 0.252 e. The lowest BCUT2D eigenvalue weighted by Crippen LogP contribution is -2.29. The van der Waals surface area contributed by atoms with E-state index in [-0.39, 0.29) is 12.0 Å². The summed E-state index contributed by atoms with van der Waals surface area (Å²) >= 11 is 6.03. The molecule has 0 aliphatic rings. The van der Waals surface area contributed by atoms with Crippen LogP contribution in [0.4, 0.5) is 0 Å². The van der Waals surface area contributed by atoms with Gasteiger partial charge in [0.1, 0.15) is 17.4 Å². The lowest BCUT2D eigenvalue weighted by molar-refractivity contribution is 0.0747. The fraction of sp³-hybridized carbons (Fsp3) is 0.167. The molecule has 2 aromatic carbocycles. The van der Waals surface area contributed by atoms with E-state index in [0.717, 1.165) is 11.0 Å². The molecule has 3 rings (SSSR count). The molecule has 0 spiro atoms. The molecule has 23 heavy (non-hydrogen) atoms. The average Bonchev–Trinajstić information content (AvgIpc) is 2.99. The van der Waals surface area contributed by atoms with Crippen LogP contribution in [0.5, 0.6) is 0 Å². The van der Waals surface area contributed by atoms with Gasteiger partial charge in [-0.15, -0.1) is 0 Å². The summed E-state index contributed by atoms with van der Waals surface area (Å²) in [6, 6.07) is 16.6. The van der Waals surface area contributed by atoms with Crippen LogP contribution in [-0.4, -0.2) is 19.6 Å². The zero-order valence-electron chi connectivity index (χ0n) is 12.6. The molecule has 1 atom stereocenters. The zero-order chi connectivity index (χ0) is 16.2. The molecule has 118 valence electrons. The summed E-state index contributed by atoms with van der Waals surface area (Å²) < 4.78 is 11.2. The maximum absolute atomic E-state index is 12.2. The third kappa shape index (κ3) is 3.38. The Morgan fingerprint density at radius 3 is 2.70 bits per heavy atom. The Balaban J connectivity index is 1.72. The number of benzene rings is 2. The molecule has 4 nitrogen and oxygen atoms in total. The fourth-order valence-corrected chi connectivity index (χ4v) is 2.61. The van der Waals surface area contributed by atoms with Crippen LogP contribution in [0.1, 0.15) is 22.2 Å². The molecule has 3 aromatic rings. The lowest BCUT2D eigenvalue weighted by Gasteiger charge is -2.14. The standard InChI is InChI=1S/C18H16ClNO3/c1-22-17(16-10-12-6-2-5-9-15(12)23-16)11-20-18(21)13-7-3-4-8-14(13)19/h2-10,17H,11H2,1H3,(H,20,21). The second-order valence-electron chi connectivity index (χ2n) is 5.10. The Morgan fingerprint density at radius 2 is 1.96 bits per heavy atom. The minimum atomic E-state index is -0.367. The van der Waals surface area contributed by atoms with Gasteiger partial charge in [-0.2, -0.15) is 0 Å². The zero-order valence-corrected chi connectivity index (χ0v) is 13.3. The van der Waals surface area contributed by atoms with Gasteiger partial charge < -0.3 is 14.5 Å². The Bertz CT molecular complexity index is 795. The van der Waals surface area contributed by atoms with Crippen LogP contribution in [0.3, 0.4) is 0 Å². The minimum Gasteiger partial charge on any atom is -0.458 e. The van der Waals surface area contributed by atoms with Gasteiger partial charge in [0.05, 0.1) is 17.1 Å². The number of ether oxygens (including phenoxy) is 1. The molecule has 1 aromatic heterocycles. The molecule has 1 unspecified atom stereocenters. The molecular formula is C18H16ClNO3. The number of carbonyl (C=O) groups excluding carboxylic acids is 1. The normalized spacial score (nSPS) is 12.3. The molecule has 0 bridgehead atoms. The van der Waals surface area contributed by atoms with Crippen LogP contribution in [0.15, 0.2) is 59.0 Å². The molecule has 1 heterocycles. The SMILES string of the molecule is COC(CNC(=O)c1ccccc1Cl)c1cc2ccccc2o1. The van der Waals surface area contributed by atoms with E-state index in [1.165, 1.54) is 0 Å². The number of nitrogens with one attached hydrogen (secondary N) is 1. The van der Waals surface area contributed by atoms with Crippen molar-refractivity contribution in [1.29, 1.82) is 0 Å². The smallest absolute Gasteiger partial charge is 0.252 e. The predicted octanol–water partition coefficient (Wildman–Crippen LogP) is 4.20. The number of hydrogen-bond donors (Lipinski definition) is 1. The monoisotopic (exact) mass is 329 g/mol. The van der Waals surface area contributed by atoms with Gasteiger partial charge in [-0.05, 0) is 24.3 Å². The predicted molar refractivity (Wildman–Crippen MR) is 89.7 cm³/mol. The topological polar surface area (TPSA) is 51.5 Å². The number of carbonyl (C=O) groups is 1. The number of hydrogen-bond acceptors (Lipinski definition) is 3. The van der Waals surface area contributed by atoms with Gasteiger partial charge in [-0.25, -0.2) is 0 Å². The number of halogens is 1. The van der Waals surface area contributed by atoms with Gasteiger partial charge in [0, 0.05) is 12.5 Å². The summed E-state index contributed by atoms with van der Waals surface area (Å²) in [4.78, 5) is 12.2. The summed E-state index contributed by atoms with van der Waals surface area (Å²) in [7, 11) is 1.58. The first-order chi connectivity index (χ1) is 11.2. The van der Waals surface area contributed by atoms with E-state index >= 15 is 0 Å². The number of para-hydroxylation sites is 1. The molecule has 5 heteroatoms. The number of furan rings is 1. The van der Waals surface area contributed by atoms with E-state index in [0.29, 0.717) is 22.9 Å². The highest BCUT2D eigenvalue weighted by molar-refractivity contribution is 6.33. The highest BCUT2D eigenvalue weighted by Gasteiger charge is 2.18. The third-order valence-corrected chi connectivity index (χ3v) is 3.94. The van der Waals surface area contributed by atoms with E-state index in [9.17, 15) is 4.79 Å². The van der Waals surface area contributed by atoms with E-state index < -0.39 is 0 Å². The Morgan fingerprint density at radius 1 is 1.22 bits per heavy atom. The van der Waals surface area contributed by atoms with Gasteiger partial charge in [0.2, 0.25) is 0 Å². The van der Waals surface area contributed by atoms with E-state index in [2.05, 4.69) is 5.32 Å². The molecule has 0 saturated carbocycles. The second kappa shape index (κ2) is 6.86. The van der Waals surface area contributed by atoms with Crippen molar-refractivity contribution < 1.29 is 13.9 Å². The first-order valence-corrected chi connectivity index (χ1v) is 7.61. The largest absolute Gasteiger partial charge is 0.458 e. The molecule has 0 radical (unpaired) electrons. The second-order valence-corrected chi connectivity index (χ2v) is 5.51. The van der Waals surface area contributed by atoms with Crippen molar-refractivity contribution in [1.82, 2.24) is 5.32 Å². The Kier molecular flexibility index (Phi) is 4.65. The van der Waals surface area contributed by atoms with Crippen molar-refractivity contribution in [3.8, 4) is 0 Å². The summed E-state index contributed by atoms with van der Waals surface area (Å²) in [6.07, 6.45) is -0.367. The molecule has 1 amide bonds. The number of methoxy groups -OCH3 is 1. The number of fused-ring (bicyclic) bond motifs is 1. The van der Waals surface area contributed by atoms with Crippen molar-refractivity contribution in [2.24, 2.45) is 0 Å². The van der Waals surface area contributed by atoms with Crippen molar-refractivity contribution in [2.75, 3.05) is 13.7 Å². The van der Waals surface area contributed by atoms with Gasteiger partial charge in [0.15, 0.2) is 0 Å². The van der Waals surface area contributed by atoms with Crippen molar-refractivity contribution in [2.45, 2.75) is 6.10 Å². The van der Waals surface area contributed by atoms with Crippen molar-refractivity contribution in [3.05, 3.63) is 70.9 Å². The summed E-state index contributed by atoms with van der Waals surface area (Å²) in [5, 5.41) is 4.25. The number of amides is 1. The van der Waals surface area contributed by atoms with Crippen molar-refractivity contribution in [3.63, 3.8) is 0 Å². The molecular weight excluding hydrogens is 314 g/mol. The van der Waals surface area contributed by atoms with Crippen molar-refractivity contribution >= 4 is 28.5 Å². The molecule has 0 aliphatic carbocycles. The van der Waals surface area contributed by atoms with Crippen LogP contribution >= 0.6 is 11.6 Å².